The van der Waals surface area contributed by atoms with Crippen LogP contribution < -0.4 is 10.1 Å². The summed E-state index contributed by atoms with van der Waals surface area (Å²) in [5.74, 6) is -0.741. The van der Waals surface area contributed by atoms with Crippen molar-refractivity contribution in [1.82, 2.24) is 4.98 Å². The molecule has 0 saturated heterocycles. The Labute approximate surface area is 152 Å². The molecule has 0 aliphatic rings. The molecule has 0 fully saturated rings. The average molecular weight is 360 g/mol. The van der Waals surface area contributed by atoms with Gasteiger partial charge in [0.1, 0.15) is 11.4 Å². The second kappa shape index (κ2) is 8.42. The second-order valence-corrected chi connectivity index (χ2v) is 5.63. The molecular weight excluding hydrogens is 336 g/mol. The van der Waals surface area contributed by atoms with Gasteiger partial charge >= 0.3 is 11.9 Å². The zero-order chi connectivity index (χ0) is 19.3. The van der Waals surface area contributed by atoms with Gasteiger partial charge in [-0.15, -0.1) is 0 Å². The van der Waals surface area contributed by atoms with Gasteiger partial charge in [0.15, 0.2) is 0 Å². The van der Waals surface area contributed by atoms with Gasteiger partial charge in [0.2, 0.25) is 0 Å². The Morgan fingerprint density at radius 2 is 1.85 bits per heavy atom. The maximum atomic E-state index is 12.2. The van der Waals surface area contributed by atoms with Crippen LogP contribution in [0.15, 0.2) is 23.9 Å². The first-order valence-electron chi connectivity index (χ1n) is 8.40. The zero-order valence-electron chi connectivity index (χ0n) is 15.7. The van der Waals surface area contributed by atoms with Crippen LogP contribution in [0.25, 0.3) is 10.9 Å². The van der Waals surface area contributed by atoms with E-state index in [1.54, 1.807) is 21.0 Å². The largest absolute Gasteiger partial charge is 0.495 e. The number of rotatable bonds is 7. The lowest BCUT2D eigenvalue weighted by Gasteiger charge is -2.14. The van der Waals surface area contributed by atoms with E-state index in [0.717, 1.165) is 28.2 Å². The van der Waals surface area contributed by atoms with E-state index in [1.807, 2.05) is 26.0 Å². The number of ether oxygens (including phenoxy) is 3. The van der Waals surface area contributed by atoms with Gasteiger partial charge in [-0.25, -0.2) is 9.59 Å². The van der Waals surface area contributed by atoms with Crippen LogP contribution in [0.4, 0.5) is 5.69 Å². The van der Waals surface area contributed by atoms with Crippen molar-refractivity contribution in [3.05, 3.63) is 35.2 Å². The zero-order valence-corrected chi connectivity index (χ0v) is 15.7. The Balaban J connectivity index is 2.46. The van der Waals surface area contributed by atoms with Crippen LogP contribution in [-0.2, 0) is 19.1 Å². The molecule has 2 aromatic rings. The highest BCUT2D eigenvalue weighted by molar-refractivity contribution is 6.00. The van der Waals surface area contributed by atoms with Crippen molar-refractivity contribution in [2.75, 3.05) is 25.6 Å². The number of aryl methyl sites for hydroxylation is 2. The molecule has 0 radical (unpaired) electrons. The van der Waals surface area contributed by atoms with Crippen molar-refractivity contribution in [1.29, 1.82) is 0 Å². The van der Waals surface area contributed by atoms with Crippen LogP contribution in [0.5, 0.6) is 5.75 Å². The predicted molar refractivity (Wildman–Crippen MR) is 99.3 cm³/mol. The lowest BCUT2D eigenvalue weighted by molar-refractivity contribution is -0.140. The van der Waals surface area contributed by atoms with Gasteiger partial charge in [0.25, 0.3) is 0 Å². The smallest absolute Gasteiger partial charge is 0.355 e. The molecule has 0 spiro atoms. The first-order valence-corrected chi connectivity index (χ1v) is 8.40. The van der Waals surface area contributed by atoms with Gasteiger partial charge in [0, 0.05) is 16.6 Å². The molecule has 1 aromatic carbocycles. The predicted octanol–water partition coefficient (Wildman–Crippen LogP) is 3.22. The van der Waals surface area contributed by atoms with Crippen LogP contribution in [-0.4, -0.2) is 37.2 Å². The van der Waals surface area contributed by atoms with Crippen molar-refractivity contribution in [2.45, 2.75) is 27.7 Å². The molecule has 0 bridgehead atoms. The number of aromatic amines is 1. The Morgan fingerprint density at radius 1 is 1.15 bits per heavy atom. The Kier molecular flexibility index (Phi) is 6.27. The maximum absolute atomic E-state index is 12.2. The minimum atomic E-state index is -0.651. The van der Waals surface area contributed by atoms with E-state index in [9.17, 15) is 9.59 Å². The first kappa shape index (κ1) is 19.4. The highest BCUT2D eigenvalue weighted by atomic mass is 16.5. The van der Waals surface area contributed by atoms with Gasteiger partial charge in [-0.05, 0) is 45.4 Å². The summed E-state index contributed by atoms with van der Waals surface area (Å²) in [5, 5.41) is 3.96. The third kappa shape index (κ3) is 4.17. The molecule has 2 rings (SSSR count). The summed E-state index contributed by atoms with van der Waals surface area (Å²) in [6.45, 7) is 7.78. The second-order valence-electron chi connectivity index (χ2n) is 5.63. The monoisotopic (exact) mass is 360 g/mol. The van der Waals surface area contributed by atoms with Gasteiger partial charge in [-0.1, -0.05) is 0 Å². The number of benzene rings is 1. The van der Waals surface area contributed by atoms with Crippen LogP contribution in [0.1, 0.15) is 25.1 Å². The fourth-order valence-electron chi connectivity index (χ4n) is 2.56. The van der Waals surface area contributed by atoms with E-state index in [1.165, 1.54) is 0 Å². The van der Waals surface area contributed by atoms with Crippen LogP contribution >= 0.6 is 0 Å². The molecule has 1 aromatic heterocycles. The summed E-state index contributed by atoms with van der Waals surface area (Å²) in [6.07, 6.45) is 1.08. The number of esters is 2. The molecule has 0 unspecified atom stereocenters. The number of carbonyl (C=O) groups is 2. The lowest BCUT2D eigenvalue weighted by atomic mass is 10.1. The highest BCUT2D eigenvalue weighted by Gasteiger charge is 2.17. The standard InChI is InChI=1S/C19H24N2O5/c1-6-25-18(22)10-16(19(23)26-7-2)21-15-9-14-13(8-17(15)24-5)11(3)12(4)20-14/h8-10,20-21H,6-7H2,1-5H3/b16-10+. The van der Waals surface area contributed by atoms with Crippen molar-refractivity contribution < 1.29 is 23.8 Å². The van der Waals surface area contributed by atoms with Crippen molar-refractivity contribution in [2.24, 2.45) is 0 Å². The van der Waals surface area contributed by atoms with Crippen LogP contribution in [0, 0.1) is 13.8 Å². The number of carbonyl (C=O) groups excluding carboxylic acids is 2. The molecular formula is C19H24N2O5. The number of aromatic nitrogens is 1. The number of anilines is 1. The maximum Gasteiger partial charge on any atom is 0.355 e. The number of fused-ring (bicyclic) bond motifs is 1. The van der Waals surface area contributed by atoms with Crippen LogP contribution in [0.3, 0.4) is 0 Å². The van der Waals surface area contributed by atoms with Gasteiger partial charge in [-0.3, -0.25) is 0 Å². The van der Waals surface area contributed by atoms with E-state index < -0.39 is 11.9 Å². The van der Waals surface area contributed by atoms with Gasteiger partial charge in [-0.2, -0.15) is 0 Å². The molecule has 26 heavy (non-hydrogen) atoms. The number of hydrogen-bond acceptors (Lipinski definition) is 6. The fourth-order valence-corrected chi connectivity index (χ4v) is 2.56. The summed E-state index contributed by atoms with van der Waals surface area (Å²) in [4.78, 5) is 27.3. The number of nitrogens with one attached hydrogen (secondary N) is 2. The number of hydrogen-bond donors (Lipinski definition) is 2. The van der Waals surface area contributed by atoms with E-state index in [-0.39, 0.29) is 18.9 Å². The molecule has 0 saturated carbocycles. The summed E-state index contributed by atoms with van der Waals surface area (Å²) in [5.41, 5.74) is 3.57. The Bertz CT molecular complexity index is 851. The molecule has 1 heterocycles. The Hall–Kier alpha value is -2.96. The van der Waals surface area contributed by atoms with Crippen molar-refractivity contribution in [3.8, 4) is 5.75 Å². The summed E-state index contributed by atoms with van der Waals surface area (Å²) < 4.78 is 15.3. The summed E-state index contributed by atoms with van der Waals surface area (Å²) >= 11 is 0. The lowest BCUT2D eigenvalue weighted by Crippen LogP contribution is -2.17. The average Bonchev–Trinajstić information content (AvgIpc) is 2.87. The number of H-pyrrole nitrogens is 1. The summed E-state index contributed by atoms with van der Waals surface area (Å²) in [7, 11) is 1.54. The first-order chi connectivity index (χ1) is 12.4. The van der Waals surface area contributed by atoms with Gasteiger partial charge in [0.05, 0.1) is 32.1 Å². The van der Waals surface area contributed by atoms with Crippen LogP contribution in [0.2, 0.25) is 0 Å². The fraction of sp³-hybridized carbons (Fsp3) is 0.368. The van der Waals surface area contributed by atoms with E-state index >= 15 is 0 Å². The minimum absolute atomic E-state index is 0.0250. The molecule has 7 nitrogen and oxygen atoms in total. The Morgan fingerprint density at radius 3 is 2.46 bits per heavy atom. The third-order valence-electron chi connectivity index (χ3n) is 3.94. The van der Waals surface area contributed by atoms with Crippen molar-refractivity contribution >= 4 is 28.5 Å². The van der Waals surface area contributed by atoms with E-state index in [4.69, 9.17) is 14.2 Å². The molecule has 7 heteroatoms. The molecule has 2 N–H and O–H groups in total. The number of methoxy groups -OCH3 is 1. The third-order valence-corrected chi connectivity index (χ3v) is 3.94. The topological polar surface area (TPSA) is 89.6 Å². The van der Waals surface area contributed by atoms with E-state index in [2.05, 4.69) is 10.3 Å². The highest BCUT2D eigenvalue weighted by Crippen LogP contribution is 2.33. The SMILES string of the molecule is CCOC(=O)/C=C(/Nc1cc2[nH]c(C)c(C)c2cc1OC)C(=O)OCC. The molecule has 0 amide bonds. The molecule has 0 atom stereocenters. The quantitative estimate of drug-likeness (QED) is 0.582. The molecule has 140 valence electrons. The van der Waals surface area contributed by atoms with Crippen molar-refractivity contribution in [3.63, 3.8) is 0 Å². The molecule has 0 aliphatic carbocycles. The minimum Gasteiger partial charge on any atom is -0.495 e. The van der Waals surface area contributed by atoms with E-state index in [0.29, 0.717) is 11.4 Å². The summed E-state index contributed by atoms with van der Waals surface area (Å²) in [6, 6.07) is 3.70. The molecule has 0 aliphatic heterocycles. The van der Waals surface area contributed by atoms with Gasteiger partial charge < -0.3 is 24.5 Å². The normalized spacial score (nSPS) is 11.3.